The zero-order chi connectivity index (χ0) is 13.1. The summed E-state index contributed by atoms with van der Waals surface area (Å²) < 4.78 is 0. The van der Waals surface area contributed by atoms with Crippen molar-refractivity contribution in [3.63, 3.8) is 0 Å². The van der Waals surface area contributed by atoms with Crippen LogP contribution in [0.4, 0.5) is 0 Å². The molecule has 100 valence electrons. The molecule has 3 unspecified atom stereocenters. The maximum Gasteiger partial charge on any atom is 0.0450 e. The summed E-state index contributed by atoms with van der Waals surface area (Å²) in [5, 5.41) is 4.53. The van der Waals surface area contributed by atoms with Crippen LogP contribution in [-0.2, 0) is 6.54 Å². The lowest BCUT2D eigenvalue weighted by Gasteiger charge is -2.40. The van der Waals surface area contributed by atoms with E-state index in [4.69, 9.17) is 11.6 Å². The van der Waals surface area contributed by atoms with E-state index in [-0.39, 0.29) is 0 Å². The number of rotatable bonds is 3. The summed E-state index contributed by atoms with van der Waals surface area (Å²) in [5.41, 5.74) is 1.19. The molecule has 0 amide bonds. The average Bonchev–Trinajstić information content (AvgIpc) is 2.34. The smallest absolute Gasteiger partial charge is 0.0450 e. The van der Waals surface area contributed by atoms with Gasteiger partial charge in [-0.15, -0.1) is 0 Å². The minimum atomic E-state index is 0.590. The molecule has 0 spiro atoms. The maximum atomic E-state index is 6.18. The van der Waals surface area contributed by atoms with E-state index in [1.807, 2.05) is 18.2 Å². The van der Waals surface area contributed by atoms with Crippen LogP contribution in [0.3, 0.4) is 0 Å². The Kier molecular flexibility index (Phi) is 4.66. The molecular weight excluding hydrogens is 244 g/mol. The first-order valence-electron chi connectivity index (χ1n) is 6.75. The molecule has 1 saturated heterocycles. The monoisotopic (exact) mass is 266 g/mol. The Morgan fingerprint density at radius 3 is 2.78 bits per heavy atom. The summed E-state index contributed by atoms with van der Waals surface area (Å²) >= 11 is 6.18. The molecule has 2 rings (SSSR count). The van der Waals surface area contributed by atoms with Crippen molar-refractivity contribution in [2.75, 3.05) is 13.6 Å². The van der Waals surface area contributed by atoms with Gasteiger partial charge < -0.3 is 10.2 Å². The molecule has 1 fully saturated rings. The third-order valence-electron chi connectivity index (χ3n) is 4.12. The molecule has 1 aromatic rings. The highest BCUT2D eigenvalue weighted by Crippen LogP contribution is 2.22. The summed E-state index contributed by atoms with van der Waals surface area (Å²) in [4.78, 5) is 2.44. The van der Waals surface area contributed by atoms with Gasteiger partial charge in [-0.2, -0.15) is 0 Å². The molecule has 1 N–H and O–H groups in total. The van der Waals surface area contributed by atoms with Gasteiger partial charge in [0.25, 0.3) is 0 Å². The minimum Gasteiger partial charge on any atom is -0.309 e. The van der Waals surface area contributed by atoms with Crippen LogP contribution in [0.25, 0.3) is 0 Å². The van der Waals surface area contributed by atoms with Crippen molar-refractivity contribution in [3.05, 3.63) is 34.9 Å². The zero-order valence-corrected chi connectivity index (χ0v) is 12.2. The Morgan fingerprint density at radius 1 is 1.33 bits per heavy atom. The summed E-state index contributed by atoms with van der Waals surface area (Å²) in [6.45, 7) is 6.66. The van der Waals surface area contributed by atoms with E-state index in [0.717, 1.165) is 11.6 Å². The summed E-state index contributed by atoms with van der Waals surface area (Å²) in [6, 6.07) is 9.32. The second-order valence-corrected chi connectivity index (χ2v) is 5.99. The highest BCUT2D eigenvalue weighted by molar-refractivity contribution is 6.31. The summed E-state index contributed by atoms with van der Waals surface area (Å²) in [5.74, 6) is 0.689. The van der Waals surface area contributed by atoms with Gasteiger partial charge in [0.15, 0.2) is 0 Å². The number of piperidine rings is 1. The van der Waals surface area contributed by atoms with E-state index in [2.05, 4.69) is 37.2 Å². The van der Waals surface area contributed by atoms with Crippen LogP contribution in [0.15, 0.2) is 24.3 Å². The Labute approximate surface area is 115 Å². The van der Waals surface area contributed by atoms with Gasteiger partial charge in [-0.3, -0.25) is 0 Å². The lowest BCUT2D eigenvalue weighted by Crippen LogP contribution is -2.50. The second kappa shape index (κ2) is 6.05. The molecule has 1 heterocycles. The van der Waals surface area contributed by atoms with E-state index in [1.165, 1.54) is 18.5 Å². The average molecular weight is 267 g/mol. The number of halogens is 1. The van der Waals surface area contributed by atoms with Crippen LogP contribution in [0.5, 0.6) is 0 Å². The van der Waals surface area contributed by atoms with Crippen molar-refractivity contribution < 1.29 is 0 Å². The fourth-order valence-corrected chi connectivity index (χ4v) is 2.91. The molecule has 1 aliphatic rings. The van der Waals surface area contributed by atoms with Crippen LogP contribution in [0.2, 0.25) is 5.02 Å². The number of nitrogens with one attached hydrogen (secondary N) is 1. The number of nitrogens with zero attached hydrogens (tertiary/aromatic N) is 1. The summed E-state index contributed by atoms with van der Waals surface area (Å²) in [6.07, 6.45) is 1.21. The van der Waals surface area contributed by atoms with Gasteiger partial charge in [0.2, 0.25) is 0 Å². The van der Waals surface area contributed by atoms with Gasteiger partial charge in [-0.1, -0.05) is 36.7 Å². The maximum absolute atomic E-state index is 6.18. The van der Waals surface area contributed by atoms with E-state index in [1.54, 1.807) is 0 Å². The normalized spacial score (nSPS) is 29.4. The highest BCUT2D eigenvalue weighted by Gasteiger charge is 2.28. The predicted octanol–water partition coefficient (Wildman–Crippen LogP) is 3.16. The first-order valence-corrected chi connectivity index (χ1v) is 7.12. The Morgan fingerprint density at radius 2 is 2.06 bits per heavy atom. The minimum absolute atomic E-state index is 0.590. The fourth-order valence-electron chi connectivity index (χ4n) is 2.71. The van der Waals surface area contributed by atoms with E-state index >= 15 is 0 Å². The molecule has 0 radical (unpaired) electrons. The van der Waals surface area contributed by atoms with Gasteiger partial charge >= 0.3 is 0 Å². The molecular formula is C15H23ClN2. The standard InChI is InChI=1S/C15H23ClN2/c1-11-10-18(3)12(2)8-15(11)17-9-13-6-4-5-7-14(13)16/h4-7,11-12,15,17H,8-10H2,1-3H3. The first kappa shape index (κ1) is 13.9. The zero-order valence-electron chi connectivity index (χ0n) is 11.5. The van der Waals surface area contributed by atoms with Crippen molar-refractivity contribution in [1.29, 1.82) is 0 Å². The molecule has 0 saturated carbocycles. The van der Waals surface area contributed by atoms with Crippen molar-refractivity contribution in [3.8, 4) is 0 Å². The third-order valence-corrected chi connectivity index (χ3v) is 4.49. The van der Waals surface area contributed by atoms with Gasteiger partial charge in [0.05, 0.1) is 0 Å². The summed E-state index contributed by atoms with van der Waals surface area (Å²) in [7, 11) is 2.21. The van der Waals surface area contributed by atoms with Crippen molar-refractivity contribution in [1.82, 2.24) is 10.2 Å². The SMILES string of the molecule is CC1CN(C)C(C)CC1NCc1ccccc1Cl. The lowest BCUT2D eigenvalue weighted by atomic mass is 9.90. The second-order valence-electron chi connectivity index (χ2n) is 5.58. The topological polar surface area (TPSA) is 15.3 Å². The van der Waals surface area contributed by atoms with Crippen LogP contribution in [-0.4, -0.2) is 30.6 Å². The van der Waals surface area contributed by atoms with Crippen molar-refractivity contribution in [2.24, 2.45) is 5.92 Å². The van der Waals surface area contributed by atoms with Crippen molar-refractivity contribution in [2.45, 2.75) is 38.9 Å². The third kappa shape index (κ3) is 3.25. The number of hydrogen-bond acceptors (Lipinski definition) is 2. The Hall–Kier alpha value is -0.570. The molecule has 3 heteroatoms. The van der Waals surface area contributed by atoms with Gasteiger partial charge in [0.1, 0.15) is 0 Å². The molecule has 0 aliphatic carbocycles. The van der Waals surface area contributed by atoms with E-state index < -0.39 is 0 Å². The largest absolute Gasteiger partial charge is 0.309 e. The molecule has 1 aliphatic heterocycles. The molecule has 18 heavy (non-hydrogen) atoms. The fraction of sp³-hybridized carbons (Fsp3) is 0.600. The number of hydrogen-bond donors (Lipinski definition) is 1. The number of likely N-dealkylation sites (tertiary alicyclic amines) is 1. The molecule has 1 aromatic carbocycles. The van der Waals surface area contributed by atoms with Gasteiger partial charge in [-0.25, -0.2) is 0 Å². The van der Waals surface area contributed by atoms with E-state index in [0.29, 0.717) is 18.0 Å². The number of benzene rings is 1. The quantitative estimate of drug-likeness (QED) is 0.904. The highest BCUT2D eigenvalue weighted by atomic mass is 35.5. The van der Waals surface area contributed by atoms with Crippen LogP contribution < -0.4 is 5.32 Å². The van der Waals surface area contributed by atoms with Gasteiger partial charge in [-0.05, 0) is 37.9 Å². The predicted molar refractivity (Wildman–Crippen MR) is 78.0 cm³/mol. The molecule has 0 aromatic heterocycles. The van der Waals surface area contributed by atoms with Crippen molar-refractivity contribution >= 4 is 11.6 Å². The van der Waals surface area contributed by atoms with E-state index in [9.17, 15) is 0 Å². The molecule has 0 bridgehead atoms. The van der Waals surface area contributed by atoms with Gasteiger partial charge in [0, 0.05) is 30.2 Å². The Balaban J connectivity index is 1.92. The first-order chi connectivity index (χ1) is 8.58. The van der Waals surface area contributed by atoms with Crippen LogP contribution in [0, 0.1) is 5.92 Å². The van der Waals surface area contributed by atoms with Crippen LogP contribution >= 0.6 is 11.6 Å². The Bertz CT molecular complexity index is 394. The molecule has 2 nitrogen and oxygen atoms in total. The van der Waals surface area contributed by atoms with Crippen LogP contribution in [0.1, 0.15) is 25.8 Å². The molecule has 3 atom stereocenters. The lowest BCUT2D eigenvalue weighted by molar-refractivity contribution is 0.121.